The predicted molar refractivity (Wildman–Crippen MR) is 74.9 cm³/mol. The summed E-state index contributed by atoms with van der Waals surface area (Å²) in [5, 5.41) is 6.62. The summed E-state index contributed by atoms with van der Waals surface area (Å²) >= 11 is 3.03. The molecule has 0 aromatic carbocycles. The second kappa shape index (κ2) is 7.10. The second-order valence-corrected chi connectivity index (χ2v) is 5.43. The molecule has 0 saturated carbocycles. The van der Waals surface area contributed by atoms with Gasteiger partial charge in [-0.3, -0.25) is 4.79 Å². The molecule has 0 amide bonds. The van der Waals surface area contributed by atoms with Crippen molar-refractivity contribution in [1.82, 2.24) is 9.78 Å². The summed E-state index contributed by atoms with van der Waals surface area (Å²) in [7, 11) is 0. The van der Waals surface area contributed by atoms with E-state index in [4.69, 9.17) is 0 Å². The van der Waals surface area contributed by atoms with Crippen LogP contribution >= 0.6 is 15.9 Å². The molecular formula is C12H17BrF3N3O. The van der Waals surface area contributed by atoms with E-state index in [9.17, 15) is 18.0 Å². The fourth-order valence-electron chi connectivity index (χ4n) is 1.70. The predicted octanol–water partition coefficient (Wildman–Crippen LogP) is 3.56. The summed E-state index contributed by atoms with van der Waals surface area (Å²) in [5.41, 5.74) is -0.382. The van der Waals surface area contributed by atoms with Gasteiger partial charge in [-0.15, -0.1) is 0 Å². The fraction of sp³-hybridized carbons (Fsp3) is 0.667. The maximum atomic E-state index is 12.3. The maximum Gasteiger partial charge on any atom is 0.408 e. The molecule has 0 fully saturated rings. The lowest BCUT2D eigenvalue weighted by Gasteiger charge is -2.16. The summed E-state index contributed by atoms with van der Waals surface area (Å²) in [6, 6.07) is 0.117. The van der Waals surface area contributed by atoms with Gasteiger partial charge in [0.05, 0.1) is 11.9 Å². The van der Waals surface area contributed by atoms with E-state index in [1.165, 1.54) is 6.20 Å². The average Bonchev–Trinajstić information content (AvgIpc) is 2.34. The maximum absolute atomic E-state index is 12.3. The molecule has 0 aliphatic rings. The number of rotatable bonds is 6. The monoisotopic (exact) mass is 355 g/mol. The third kappa shape index (κ3) is 5.15. The van der Waals surface area contributed by atoms with Crippen LogP contribution in [0, 0.1) is 0 Å². The second-order valence-electron chi connectivity index (χ2n) is 4.64. The Morgan fingerprint density at radius 3 is 2.70 bits per heavy atom. The van der Waals surface area contributed by atoms with Crippen LogP contribution in [0.2, 0.25) is 0 Å². The van der Waals surface area contributed by atoms with E-state index in [2.05, 4.69) is 33.3 Å². The van der Waals surface area contributed by atoms with Crippen molar-refractivity contribution in [2.75, 3.05) is 5.32 Å². The minimum Gasteiger partial charge on any atom is -0.380 e. The number of nitrogens with one attached hydrogen (secondary N) is 1. The first-order valence-corrected chi connectivity index (χ1v) is 7.12. The number of unbranched alkanes of at least 4 members (excludes halogenated alkanes) is 1. The van der Waals surface area contributed by atoms with Crippen molar-refractivity contribution in [1.29, 1.82) is 0 Å². The molecule has 8 heteroatoms. The van der Waals surface area contributed by atoms with Crippen LogP contribution in [0.3, 0.4) is 0 Å². The van der Waals surface area contributed by atoms with Gasteiger partial charge in [-0.25, -0.2) is 4.68 Å². The van der Waals surface area contributed by atoms with E-state index in [0.717, 1.165) is 19.3 Å². The Bertz CT molecular complexity index is 502. The number of alkyl halides is 3. The first-order chi connectivity index (χ1) is 9.24. The number of aromatic nitrogens is 2. The van der Waals surface area contributed by atoms with Gasteiger partial charge in [0.25, 0.3) is 5.56 Å². The number of halogens is 4. The first-order valence-electron chi connectivity index (χ1n) is 6.33. The van der Waals surface area contributed by atoms with Crippen LogP contribution in [0.25, 0.3) is 0 Å². The Morgan fingerprint density at radius 2 is 2.15 bits per heavy atom. The van der Waals surface area contributed by atoms with Crippen LogP contribution in [0.1, 0.15) is 33.1 Å². The SMILES string of the molecule is CCCCC(C)Nc1cnn(CC(F)(F)F)c(=O)c1Br. The lowest BCUT2D eigenvalue weighted by Crippen LogP contribution is -2.31. The quantitative estimate of drug-likeness (QED) is 0.848. The van der Waals surface area contributed by atoms with E-state index < -0.39 is 18.3 Å². The lowest BCUT2D eigenvalue weighted by molar-refractivity contribution is -0.143. The summed E-state index contributed by atoms with van der Waals surface area (Å²) in [6.07, 6.45) is -0.239. The van der Waals surface area contributed by atoms with Gasteiger partial charge in [0.15, 0.2) is 0 Å². The standard InChI is InChI=1S/C12H17BrF3N3O/c1-3-4-5-8(2)18-9-6-17-19(7-12(14,15)16)11(20)10(9)13/h6,8,18H,3-5,7H2,1-2H3. The average molecular weight is 356 g/mol. The van der Waals surface area contributed by atoms with Crippen LogP contribution in [0.4, 0.5) is 18.9 Å². The molecule has 1 heterocycles. The van der Waals surface area contributed by atoms with Gasteiger partial charge in [0, 0.05) is 6.04 Å². The molecule has 4 nitrogen and oxygen atoms in total. The van der Waals surface area contributed by atoms with Crippen molar-refractivity contribution >= 4 is 21.6 Å². The van der Waals surface area contributed by atoms with Gasteiger partial charge in [0.1, 0.15) is 11.0 Å². The van der Waals surface area contributed by atoms with Crippen LogP contribution < -0.4 is 10.9 Å². The van der Waals surface area contributed by atoms with Gasteiger partial charge in [0.2, 0.25) is 0 Å². The highest BCUT2D eigenvalue weighted by Crippen LogP contribution is 2.20. The van der Waals surface area contributed by atoms with Gasteiger partial charge in [-0.05, 0) is 29.3 Å². The number of nitrogens with zero attached hydrogens (tertiary/aromatic N) is 2. The zero-order chi connectivity index (χ0) is 15.3. The Balaban J connectivity index is 2.86. The summed E-state index contributed by atoms with van der Waals surface area (Å²) in [4.78, 5) is 11.8. The number of hydrogen-bond donors (Lipinski definition) is 1. The normalized spacial score (nSPS) is 13.3. The number of hydrogen-bond acceptors (Lipinski definition) is 3. The lowest BCUT2D eigenvalue weighted by atomic mass is 10.1. The van der Waals surface area contributed by atoms with Gasteiger partial charge < -0.3 is 5.32 Å². The largest absolute Gasteiger partial charge is 0.408 e. The molecule has 0 spiro atoms. The van der Waals surface area contributed by atoms with Crippen molar-refractivity contribution in [3.05, 3.63) is 21.0 Å². The van der Waals surface area contributed by atoms with Crippen molar-refractivity contribution in [2.24, 2.45) is 0 Å². The van der Waals surface area contributed by atoms with Gasteiger partial charge in [-0.2, -0.15) is 18.3 Å². The highest BCUT2D eigenvalue weighted by Gasteiger charge is 2.29. The topological polar surface area (TPSA) is 46.9 Å². The molecule has 1 N–H and O–H groups in total. The summed E-state index contributed by atoms with van der Waals surface area (Å²) in [6.45, 7) is 2.63. The molecule has 1 rings (SSSR count). The zero-order valence-electron chi connectivity index (χ0n) is 11.3. The van der Waals surface area contributed by atoms with Crippen LogP contribution in [-0.4, -0.2) is 22.0 Å². The minimum absolute atomic E-state index is 0.0695. The van der Waals surface area contributed by atoms with E-state index in [0.29, 0.717) is 10.4 Å². The number of anilines is 1. The molecule has 0 bridgehead atoms. The smallest absolute Gasteiger partial charge is 0.380 e. The molecule has 1 unspecified atom stereocenters. The third-order valence-corrected chi connectivity index (χ3v) is 3.47. The molecule has 0 saturated heterocycles. The highest BCUT2D eigenvalue weighted by atomic mass is 79.9. The van der Waals surface area contributed by atoms with Crippen molar-refractivity contribution in [3.63, 3.8) is 0 Å². The molecule has 0 aliphatic carbocycles. The fourth-order valence-corrected chi connectivity index (χ4v) is 2.12. The minimum atomic E-state index is -4.47. The van der Waals surface area contributed by atoms with Crippen molar-refractivity contribution in [3.8, 4) is 0 Å². The zero-order valence-corrected chi connectivity index (χ0v) is 12.9. The van der Waals surface area contributed by atoms with Gasteiger partial charge in [-0.1, -0.05) is 19.8 Å². The molecule has 20 heavy (non-hydrogen) atoms. The van der Waals surface area contributed by atoms with E-state index in [1.807, 2.05) is 6.92 Å². The first kappa shape index (κ1) is 17.0. The van der Waals surface area contributed by atoms with E-state index in [-0.39, 0.29) is 10.5 Å². The Labute approximate surface area is 123 Å². The summed E-state index contributed by atoms with van der Waals surface area (Å²) < 4.78 is 37.3. The molecule has 0 aliphatic heterocycles. The molecule has 0 radical (unpaired) electrons. The molecule has 114 valence electrons. The van der Waals surface area contributed by atoms with E-state index >= 15 is 0 Å². The van der Waals surface area contributed by atoms with Gasteiger partial charge >= 0.3 is 6.18 Å². The van der Waals surface area contributed by atoms with Crippen molar-refractivity contribution in [2.45, 2.75) is 51.9 Å². The molecule has 1 aromatic heterocycles. The van der Waals surface area contributed by atoms with Crippen molar-refractivity contribution < 1.29 is 13.2 Å². The van der Waals surface area contributed by atoms with E-state index in [1.54, 1.807) is 0 Å². The molecular weight excluding hydrogens is 339 g/mol. The Kier molecular flexibility index (Phi) is 6.04. The molecule has 1 aromatic rings. The van der Waals surface area contributed by atoms with Crippen LogP contribution in [0.15, 0.2) is 15.5 Å². The Hall–Kier alpha value is -1.05. The summed E-state index contributed by atoms with van der Waals surface area (Å²) in [5.74, 6) is 0. The third-order valence-electron chi connectivity index (χ3n) is 2.71. The Morgan fingerprint density at radius 1 is 1.50 bits per heavy atom. The highest BCUT2D eigenvalue weighted by molar-refractivity contribution is 9.10. The van der Waals surface area contributed by atoms with Crippen LogP contribution in [0.5, 0.6) is 0 Å². The van der Waals surface area contributed by atoms with Crippen LogP contribution in [-0.2, 0) is 6.54 Å². The molecule has 1 atom stereocenters.